The quantitative estimate of drug-likeness (QED) is 0.0932. The molecule has 0 unspecified atom stereocenters. The molecular formula is C38H54BN7O6S. The first-order valence-corrected chi connectivity index (χ1v) is 19.5. The van der Waals surface area contributed by atoms with Crippen LogP contribution in [-0.2, 0) is 36.8 Å². The summed E-state index contributed by atoms with van der Waals surface area (Å²) < 4.78 is 20.3. The van der Waals surface area contributed by atoms with Crippen LogP contribution < -0.4 is 11.1 Å². The number of ether oxygens (including phenoxy) is 3. The number of aryl methyl sites for hydroxylation is 1. The van der Waals surface area contributed by atoms with Gasteiger partial charge in [-0.05, 0) is 76.9 Å². The molecule has 2 fully saturated rings. The summed E-state index contributed by atoms with van der Waals surface area (Å²) in [6.45, 7) is 13.2. The van der Waals surface area contributed by atoms with E-state index < -0.39 is 53.1 Å². The fraction of sp³-hybridized carbons (Fsp3) is 0.632. The zero-order valence-corrected chi connectivity index (χ0v) is 32.8. The molecular weight excluding hydrogens is 693 g/mol. The zero-order chi connectivity index (χ0) is 38.5. The zero-order valence-electron chi connectivity index (χ0n) is 32.0. The van der Waals surface area contributed by atoms with Gasteiger partial charge in [0.25, 0.3) is 0 Å². The van der Waals surface area contributed by atoms with E-state index in [2.05, 4.69) is 27.5 Å². The lowest BCUT2D eigenvalue weighted by atomic mass is 9.62. The average molecular weight is 748 g/mol. The van der Waals surface area contributed by atoms with Crippen LogP contribution in [0, 0.1) is 17.8 Å². The standard InChI is InChI=1S/C38H54BN7O6S/c1-8-31-38(6)34(46(36(49)52-38)15-10-9-14-45-21-30(43-44-45)26-12-11-13-27(40)16-26)25(4)42-19-23(2)18-37(5,50-7)33(39)24(3)32(47)29(35(48)51-31)17-28-20-41-22-53-28/h11-13,16,20-25,29,31,33-34,42H,8-10,14-15,17-19,40H2,1-7H3/t23-,24+,25-,29-,31-,33-,34-,37-,38-/m1/s1. The van der Waals surface area contributed by atoms with Gasteiger partial charge >= 0.3 is 12.1 Å². The molecule has 53 heavy (non-hydrogen) atoms. The van der Waals surface area contributed by atoms with Crippen molar-refractivity contribution in [3.8, 4) is 11.3 Å². The number of aromatic nitrogens is 4. The van der Waals surface area contributed by atoms with Gasteiger partial charge in [0.05, 0.1) is 31.2 Å². The topological polar surface area (TPSA) is 164 Å². The van der Waals surface area contributed by atoms with Crippen LogP contribution in [0.4, 0.5) is 10.5 Å². The van der Waals surface area contributed by atoms with E-state index in [-0.39, 0.29) is 24.2 Å². The molecule has 2 saturated heterocycles. The summed E-state index contributed by atoms with van der Waals surface area (Å²) in [6, 6.07) is 6.77. The van der Waals surface area contributed by atoms with Gasteiger partial charge in [0.15, 0.2) is 5.60 Å². The Morgan fingerprint density at radius 2 is 1.91 bits per heavy atom. The summed E-state index contributed by atoms with van der Waals surface area (Å²) in [4.78, 5) is 48.9. The molecule has 9 atom stereocenters. The second kappa shape index (κ2) is 17.1. The van der Waals surface area contributed by atoms with Gasteiger partial charge in [0.2, 0.25) is 0 Å². The van der Waals surface area contributed by atoms with E-state index in [0.717, 1.165) is 22.6 Å². The summed E-state index contributed by atoms with van der Waals surface area (Å²) in [7, 11) is 8.42. The summed E-state index contributed by atoms with van der Waals surface area (Å²) in [5.74, 6) is -3.42. The van der Waals surface area contributed by atoms with Crippen molar-refractivity contribution in [3.05, 3.63) is 47.0 Å². The molecule has 15 heteroatoms. The Morgan fingerprint density at radius 3 is 2.58 bits per heavy atom. The minimum atomic E-state index is -1.21. The molecule has 0 spiro atoms. The number of nitrogens with two attached hydrogens (primary N) is 1. The smallest absolute Gasteiger partial charge is 0.410 e. The van der Waals surface area contributed by atoms with Gasteiger partial charge in [-0.2, -0.15) is 0 Å². The molecule has 0 bridgehead atoms. The third-order valence-electron chi connectivity index (χ3n) is 11.2. The van der Waals surface area contributed by atoms with E-state index in [1.54, 1.807) is 35.3 Å². The fourth-order valence-electron chi connectivity index (χ4n) is 8.09. The number of cyclic esters (lactones) is 1. The van der Waals surface area contributed by atoms with E-state index >= 15 is 0 Å². The van der Waals surface area contributed by atoms with Crippen molar-refractivity contribution in [2.45, 2.75) is 115 Å². The van der Waals surface area contributed by atoms with E-state index in [4.69, 9.17) is 27.8 Å². The number of thiazole rings is 1. The Labute approximate surface area is 318 Å². The molecule has 2 radical (unpaired) electrons. The van der Waals surface area contributed by atoms with Crippen molar-refractivity contribution in [3.63, 3.8) is 0 Å². The number of anilines is 1. The molecule has 5 rings (SSSR count). The maximum absolute atomic E-state index is 14.2. The fourth-order valence-corrected chi connectivity index (χ4v) is 8.73. The second-order valence-electron chi connectivity index (χ2n) is 15.2. The number of nitrogens with zero attached hydrogens (tertiary/aromatic N) is 5. The van der Waals surface area contributed by atoms with Crippen LogP contribution in [0.1, 0.15) is 72.1 Å². The molecule has 2 aliphatic heterocycles. The van der Waals surface area contributed by atoms with Crippen LogP contribution in [0.25, 0.3) is 11.3 Å². The highest BCUT2D eigenvalue weighted by molar-refractivity contribution is 7.09. The molecule has 3 aromatic rings. The number of Topliss-reactive ketones (excluding diaryl/α,β-unsaturated/α-hetero) is 1. The highest BCUT2D eigenvalue weighted by Crippen LogP contribution is 2.41. The third kappa shape index (κ3) is 8.95. The lowest BCUT2D eigenvalue weighted by molar-refractivity contribution is -0.171. The van der Waals surface area contributed by atoms with Crippen LogP contribution >= 0.6 is 11.3 Å². The number of hydrogen-bond acceptors (Lipinski definition) is 12. The maximum atomic E-state index is 14.2. The Morgan fingerprint density at radius 1 is 1.15 bits per heavy atom. The van der Waals surface area contributed by atoms with Gasteiger partial charge in [0, 0.05) is 60.9 Å². The molecule has 1 aromatic carbocycles. The van der Waals surface area contributed by atoms with Gasteiger partial charge in [-0.1, -0.05) is 38.1 Å². The molecule has 0 saturated carbocycles. The van der Waals surface area contributed by atoms with Gasteiger partial charge in [-0.3, -0.25) is 24.2 Å². The van der Waals surface area contributed by atoms with Gasteiger partial charge in [-0.15, -0.1) is 16.4 Å². The molecule has 0 aliphatic carbocycles. The number of hydrogen-bond donors (Lipinski definition) is 2. The van der Waals surface area contributed by atoms with Crippen LogP contribution in [0.15, 0.2) is 42.2 Å². The highest BCUT2D eigenvalue weighted by Gasteiger charge is 2.58. The number of methoxy groups -OCH3 is 1. The number of carbonyl (C=O) groups is 3. The summed E-state index contributed by atoms with van der Waals surface area (Å²) >= 11 is 1.37. The first kappa shape index (κ1) is 40.4. The normalized spacial score (nSPS) is 31.7. The van der Waals surface area contributed by atoms with Crippen molar-refractivity contribution < 1.29 is 28.6 Å². The van der Waals surface area contributed by atoms with Crippen molar-refractivity contribution in [2.75, 3.05) is 25.9 Å². The predicted octanol–water partition coefficient (Wildman–Crippen LogP) is 5.11. The van der Waals surface area contributed by atoms with E-state index in [1.807, 2.05) is 58.2 Å². The molecule has 2 aliphatic rings. The Hall–Kier alpha value is -3.82. The molecule has 286 valence electrons. The van der Waals surface area contributed by atoms with Crippen molar-refractivity contribution in [2.24, 2.45) is 17.8 Å². The molecule has 2 aromatic heterocycles. The number of carbonyl (C=O) groups excluding carboxylic acids is 3. The summed E-state index contributed by atoms with van der Waals surface area (Å²) in [6.07, 6.45) is 4.71. The van der Waals surface area contributed by atoms with Crippen LogP contribution in [0.5, 0.6) is 0 Å². The van der Waals surface area contributed by atoms with E-state index in [9.17, 15) is 14.4 Å². The SMILES string of the molecule is [B][C@@H]1[C@@H](C)C(=O)[C@@H](Cc2cncs2)C(=O)O[C@H](CC)[C@@]2(C)OC(=O)N(CCCCn3cc(-c4cccc(N)c4)nn3)[C@@H]2[C@@H](C)NC[C@H](C)C[C@@]1(C)OC. The summed E-state index contributed by atoms with van der Waals surface area (Å²) in [5, 5.41) is 12.3. The monoisotopic (exact) mass is 747 g/mol. The number of nitrogen functional groups attached to an aromatic ring is 1. The first-order valence-electron chi connectivity index (χ1n) is 18.6. The lowest BCUT2D eigenvalue weighted by Gasteiger charge is -2.41. The predicted molar refractivity (Wildman–Crippen MR) is 204 cm³/mol. The second-order valence-corrected chi connectivity index (χ2v) is 16.2. The van der Waals surface area contributed by atoms with E-state index in [1.165, 1.54) is 11.3 Å². The number of fused-ring (bicyclic) bond motifs is 1. The van der Waals surface area contributed by atoms with Gasteiger partial charge < -0.3 is 25.3 Å². The number of benzene rings is 1. The lowest BCUT2D eigenvalue weighted by Crippen LogP contribution is -2.61. The first-order chi connectivity index (χ1) is 25.2. The molecule has 13 nitrogen and oxygen atoms in total. The third-order valence-corrected chi connectivity index (χ3v) is 12.0. The highest BCUT2D eigenvalue weighted by atomic mass is 32.1. The van der Waals surface area contributed by atoms with Crippen molar-refractivity contribution in [1.29, 1.82) is 0 Å². The van der Waals surface area contributed by atoms with Crippen LogP contribution in [0.2, 0.25) is 5.82 Å². The number of rotatable bonds is 10. The van der Waals surface area contributed by atoms with Crippen molar-refractivity contribution in [1.82, 2.24) is 30.2 Å². The maximum Gasteiger partial charge on any atom is 0.410 e. The largest absolute Gasteiger partial charge is 0.457 e. The Kier molecular flexibility index (Phi) is 13.0. The van der Waals surface area contributed by atoms with Gasteiger partial charge in [0.1, 0.15) is 23.5 Å². The minimum Gasteiger partial charge on any atom is -0.457 e. The van der Waals surface area contributed by atoms with Crippen molar-refractivity contribution >= 4 is 42.7 Å². The number of esters is 1. The molecule has 1 amide bonds. The Bertz CT molecular complexity index is 1710. The molecule has 3 N–H and O–H groups in total. The average Bonchev–Trinajstić information content (AvgIpc) is 3.89. The summed E-state index contributed by atoms with van der Waals surface area (Å²) in [5.41, 5.74) is 7.84. The molecule has 4 heterocycles. The Balaban J connectivity index is 1.39. The number of unbranched alkanes of at least 4 members (excludes halogenated alkanes) is 1. The van der Waals surface area contributed by atoms with E-state index in [0.29, 0.717) is 44.6 Å². The van der Waals surface area contributed by atoms with Gasteiger partial charge in [-0.25, -0.2) is 4.79 Å². The van der Waals surface area contributed by atoms with Crippen LogP contribution in [0.3, 0.4) is 0 Å². The number of amides is 1. The number of nitrogens with one attached hydrogen (secondary N) is 1. The minimum absolute atomic E-state index is 0.0892. The number of ketones is 1. The van der Waals surface area contributed by atoms with Crippen LogP contribution in [-0.4, -0.2) is 100 Å².